The summed E-state index contributed by atoms with van der Waals surface area (Å²) in [5.41, 5.74) is 2.85. The highest BCUT2D eigenvalue weighted by Crippen LogP contribution is 2.29. The normalized spacial score (nSPS) is 12.1. The molecular weight excluding hydrogens is 346 g/mol. The van der Waals surface area contributed by atoms with Crippen LogP contribution >= 0.6 is 11.8 Å². The standard InChI is InChI=1S/C21H23NO3S/c1-4-26-18-8-5-16(6-9-18)12-24-17-7-10-19-20(13-25-21(19)11-17)14(2)22-15(3)23/h5-11,13-14H,4,12H2,1-3H3,(H,22,23). The van der Waals surface area contributed by atoms with Crippen molar-refractivity contribution in [2.45, 2.75) is 38.3 Å². The maximum atomic E-state index is 11.3. The fourth-order valence-electron chi connectivity index (χ4n) is 2.85. The van der Waals surface area contributed by atoms with E-state index in [0.29, 0.717) is 6.61 Å². The van der Waals surface area contributed by atoms with E-state index in [1.807, 2.05) is 36.9 Å². The molecule has 1 heterocycles. The zero-order valence-corrected chi connectivity index (χ0v) is 16.1. The molecule has 3 rings (SSSR count). The Hall–Kier alpha value is -2.40. The van der Waals surface area contributed by atoms with Gasteiger partial charge in [-0.05, 0) is 42.5 Å². The molecular formula is C21H23NO3S. The predicted molar refractivity (Wildman–Crippen MR) is 106 cm³/mol. The molecule has 0 aliphatic heterocycles. The SMILES string of the molecule is CCSc1ccc(COc2ccc3c(C(C)NC(C)=O)coc3c2)cc1. The Morgan fingerprint density at radius 1 is 1.23 bits per heavy atom. The third-order valence-electron chi connectivity index (χ3n) is 4.10. The molecule has 1 aromatic heterocycles. The van der Waals surface area contributed by atoms with Crippen molar-refractivity contribution < 1.29 is 13.9 Å². The minimum absolute atomic E-state index is 0.0600. The maximum absolute atomic E-state index is 11.3. The van der Waals surface area contributed by atoms with E-state index in [2.05, 4.69) is 36.5 Å². The molecule has 0 fully saturated rings. The van der Waals surface area contributed by atoms with Crippen molar-refractivity contribution in [3.8, 4) is 5.75 Å². The molecule has 2 aromatic carbocycles. The fraction of sp³-hybridized carbons (Fsp3) is 0.286. The van der Waals surface area contributed by atoms with E-state index in [-0.39, 0.29) is 11.9 Å². The molecule has 0 aliphatic rings. The quantitative estimate of drug-likeness (QED) is 0.573. The summed E-state index contributed by atoms with van der Waals surface area (Å²) in [5.74, 6) is 1.77. The van der Waals surface area contributed by atoms with Crippen LogP contribution in [0.1, 0.15) is 37.9 Å². The molecule has 26 heavy (non-hydrogen) atoms. The number of amides is 1. The van der Waals surface area contributed by atoms with Crippen LogP contribution in [0.4, 0.5) is 0 Å². The first-order chi connectivity index (χ1) is 12.6. The van der Waals surface area contributed by atoms with Gasteiger partial charge in [0.2, 0.25) is 5.91 Å². The second-order valence-electron chi connectivity index (χ2n) is 6.14. The summed E-state index contributed by atoms with van der Waals surface area (Å²) in [5, 5.41) is 3.87. The number of hydrogen-bond acceptors (Lipinski definition) is 4. The van der Waals surface area contributed by atoms with Gasteiger partial charge >= 0.3 is 0 Å². The Bertz CT molecular complexity index is 886. The molecule has 1 N–H and O–H groups in total. The fourth-order valence-corrected chi connectivity index (χ4v) is 3.51. The number of fused-ring (bicyclic) bond motifs is 1. The van der Waals surface area contributed by atoms with Gasteiger partial charge in [0.1, 0.15) is 17.9 Å². The van der Waals surface area contributed by atoms with Crippen LogP contribution in [0.2, 0.25) is 0 Å². The summed E-state index contributed by atoms with van der Waals surface area (Å²) in [6.07, 6.45) is 1.69. The van der Waals surface area contributed by atoms with Gasteiger partial charge in [-0.3, -0.25) is 4.79 Å². The Labute approximate surface area is 157 Å². The van der Waals surface area contributed by atoms with Gasteiger partial charge in [-0.15, -0.1) is 11.8 Å². The first-order valence-corrected chi connectivity index (χ1v) is 9.68. The zero-order valence-electron chi connectivity index (χ0n) is 15.2. The van der Waals surface area contributed by atoms with Crippen LogP contribution in [0.3, 0.4) is 0 Å². The second-order valence-corrected chi connectivity index (χ2v) is 7.47. The van der Waals surface area contributed by atoms with Crippen LogP contribution in [0.25, 0.3) is 11.0 Å². The van der Waals surface area contributed by atoms with Crippen molar-refractivity contribution in [2.75, 3.05) is 5.75 Å². The van der Waals surface area contributed by atoms with Gasteiger partial charge in [0.25, 0.3) is 0 Å². The summed E-state index contributed by atoms with van der Waals surface area (Å²) in [7, 11) is 0. The first-order valence-electron chi connectivity index (χ1n) is 8.69. The number of thioether (sulfide) groups is 1. The van der Waals surface area contributed by atoms with Gasteiger partial charge in [0, 0.05) is 28.8 Å². The first kappa shape index (κ1) is 18.4. The lowest BCUT2D eigenvalue weighted by molar-refractivity contribution is -0.119. The molecule has 4 nitrogen and oxygen atoms in total. The van der Waals surface area contributed by atoms with Gasteiger partial charge in [0.05, 0.1) is 12.3 Å². The Kier molecular flexibility index (Phi) is 5.89. The molecule has 1 amide bonds. The van der Waals surface area contributed by atoms with Gasteiger partial charge < -0.3 is 14.5 Å². The second kappa shape index (κ2) is 8.32. The summed E-state index contributed by atoms with van der Waals surface area (Å²) >= 11 is 1.83. The molecule has 1 unspecified atom stereocenters. The van der Waals surface area contributed by atoms with E-state index in [0.717, 1.165) is 33.6 Å². The van der Waals surface area contributed by atoms with Crippen LogP contribution < -0.4 is 10.1 Å². The molecule has 5 heteroatoms. The molecule has 0 radical (unpaired) electrons. The molecule has 136 valence electrons. The molecule has 1 atom stereocenters. The molecule has 0 bridgehead atoms. The van der Waals surface area contributed by atoms with Gasteiger partial charge in [-0.2, -0.15) is 0 Å². The van der Waals surface area contributed by atoms with Crippen molar-refractivity contribution in [3.63, 3.8) is 0 Å². The van der Waals surface area contributed by atoms with E-state index in [9.17, 15) is 4.79 Å². The number of hydrogen-bond donors (Lipinski definition) is 1. The van der Waals surface area contributed by atoms with E-state index >= 15 is 0 Å². The van der Waals surface area contributed by atoms with Crippen molar-refractivity contribution in [2.24, 2.45) is 0 Å². The summed E-state index contributed by atoms with van der Waals surface area (Å²) < 4.78 is 11.6. The lowest BCUT2D eigenvalue weighted by Gasteiger charge is -2.11. The smallest absolute Gasteiger partial charge is 0.217 e. The largest absolute Gasteiger partial charge is 0.489 e. The van der Waals surface area contributed by atoms with Crippen LogP contribution in [0.15, 0.2) is 58.0 Å². The molecule has 3 aromatic rings. The number of carbonyl (C=O) groups excluding carboxylic acids is 1. The van der Waals surface area contributed by atoms with Gasteiger partial charge in [-0.1, -0.05) is 19.1 Å². The summed E-state index contributed by atoms with van der Waals surface area (Å²) in [6.45, 7) is 6.11. The average molecular weight is 369 g/mol. The van der Waals surface area contributed by atoms with Crippen molar-refractivity contribution >= 4 is 28.6 Å². The van der Waals surface area contributed by atoms with E-state index < -0.39 is 0 Å². The molecule has 0 saturated carbocycles. The molecule has 0 saturated heterocycles. The number of rotatable bonds is 7. The maximum Gasteiger partial charge on any atom is 0.217 e. The number of furan rings is 1. The molecule has 0 spiro atoms. The van der Waals surface area contributed by atoms with E-state index in [4.69, 9.17) is 9.15 Å². The van der Waals surface area contributed by atoms with Gasteiger partial charge in [0.15, 0.2) is 0 Å². The average Bonchev–Trinajstić information content (AvgIpc) is 3.04. The van der Waals surface area contributed by atoms with E-state index in [1.54, 1.807) is 6.26 Å². The Morgan fingerprint density at radius 3 is 2.69 bits per heavy atom. The number of ether oxygens (including phenoxy) is 1. The third kappa shape index (κ3) is 4.41. The van der Waals surface area contributed by atoms with Crippen LogP contribution in [-0.4, -0.2) is 11.7 Å². The lowest BCUT2D eigenvalue weighted by Crippen LogP contribution is -2.23. The number of nitrogens with one attached hydrogen (secondary N) is 1. The van der Waals surface area contributed by atoms with Gasteiger partial charge in [-0.25, -0.2) is 0 Å². The van der Waals surface area contributed by atoms with Crippen molar-refractivity contribution in [3.05, 3.63) is 59.9 Å². The topological polar surface area (TPSA) is 51.5 Å². The minimum Gasteiger partial charge on any atom is -0.489 e. The zero-order chi connectivity index (χ0) is 18.5. The Balaban J connectivity index is 1.68. The molecule has 0 aliphatic carbocycles. The van der Waals surface area contributed by atoms with Crippen LogP contribution in [-0.2, 0) is 11.4 Å². The highest BCUT2D eigenvalue weighted by molar-refractivity contribution is 7.99. The number of benzene rings is 2. The lowest BCUT2D eigenvalue weighted by atomic mass is 10.1. The number of carbonyl (C=O) groups is 1. The minimum atomic E-state index is -0.0972. The highest BCUT2D eigenvalue weighted by atomic mass is 32.2. The summed E-state index contributed by atoms with van der Waals surface area (Å²) in [6, 6.07) is 14.1. The predicted octanol–water partition coefficient (Wildman–Crippen LogP) is 5.32. The highest BCUT2D eigenvalue weighted by Gasteiger charge is 2.14. The Morgan fingerprint density at radius 2 is 2.00 bits per heavy atom. The van der Waals surface area contributed by atoms with E-state index in [1.165, 1.54) is 11.8 Å². The summed E-state index contributed by atoms with van der Waals surface area (Å²) in [4.78, 5) is 12.5. The van der Waals surface area contributed by atoms with Crippen LogP contribution in [0.5, 0.6) is 5.75 Å². The van der Waals surface area contributed by atoms with Crippen molar-refractivity contribution in [1.82, 2.24) is 5.32 Å². The third-order valence-corrected chi connectivity index (χ3v) is 5.00. The van der Waals surface area contributed by atoms with Crippen LogP contribution in [0, 0.1) is 0 Å². The van der Waals surface area contributed by atoms with Crippen molar-refractivity contribution in [1.29, 1.82) is 0 Å². The monoisotopic (exact) mass is 369 g/mol.